The number of rotatable bonds is 5. The maximum atomic E-state index is 12.2. The van der Waals surface area contributed by atoms with Crippen LogP contribution in [0.4, 0.5) is 11.4 Å². The third-order valence-electron chi connectivity index (χ3n) is 3.15. The molecule has 0 saturated heterocycles. The summed E-state index contributed by atoms with van der Waals surface area (Å²) in [6, 6.07) is 3.81. The summed E-state index contributed by atoms with van der Waals surface area (Å²) < 4.78 is 26.8. The highest BCUT2D eigenvalue weighted by Gasteiger charge is 2.38. The Labute approximate surface area is 111 Å². The highest BCUT2D eigenvalue weighted by molar-refractivity contribution is 7.89. The van der Waals surface area contributed by atoms with Crippen molar-refractivity contribution in [2.45, 2.75) is 24.3 Å². The van der Waals surface area contributed by atoms with E-state index < -0.39 is 20.6 Å². The second-order valence-corrected chi connectivity index (χ2v) is 6.31. The van der Waals surface area contributed by atoms with Crippen LogP contribution in [-0.2, 0) is 10.0 Å². The van der Waals surface area contributed by atoms with Crippen molar-refractivity contribution in [3.05, 3.63) is 28.3 Å². The lowest BCUT2D eigenvalue weighted by Crippen LogP contribution is -2.27. The van der Waals surface area contributed by atoms with Crippen molar-refractivity contribution >= 4 is 21.4 Å². The first kappa shape index (κ1) is 13.8. The van der Waals surface area contributed by atoms with Crippen molar-refractivity contribution in [3.63, 3.8) is 0 Å². The number of anilines is 1. The van der Waals surface area contributed by atoms with Gasteiger partial charge in [-0.15, -0.1) is 0 Å². The zero-order valence-corrected chi connectivity index (χ0v) is 11.4. The second-order valence-electron chi connectivity index (χ2n) is 4.63. The smallest absolute Gasteiger partial charge is 0.289 e. The lowest BCUT2D eigenvalue weighted by molar-refractivity contribution is -0.387. The second kappa shape index (κ2) is 4.78. The maximum absolute atomic E-state index is 12.2. The van der Waals surface area contributed by atoms with Gasteiger partial charge in [-0.2, -0.15) is 0 Å². The van der Waals surface area contributed by atoms with E-state index in [0.29, 0.717) is 5.69 Å². The van der Waals surface area contributed by atoms with E-state index in [1.165, 1.54) is 18.2 Å². The van der Waals surface area contributed by atoms with Crippen LogP contribution < -0.4 is 10.0 Å². The van der Waals surface area contributed by atoms with Gasteiger partial charge in [0.1, 0.15) is 0 Å². The van der Waals surface area contributed by atoms with Crippen LogP contribution in [0, 0.1) is 16.0 Å². The molecule has 8 heteroatoms. The minimum atomic E-state index is -3.87. The van der Waals surface area contributed by atoms with Crippen LogP contribution in [0.5, 0.6) is 0 Å². The predicted molar refractivity (Wildman–Crippen MR) is 70.5 cm³/mol. The van der Waals surface area contributed by atoms with Crippen LogP contribution in [0.25, 0.3) is 0 Å². The van der Waals surface area contributed by atoms with Gasteiger partial charge in [0.25, 0.3) is 5.69 Å². The number of nitrogens with zero attached hydrogens (tertiary/aromatic N) is 1. The SMILES string of the molecule is CNc1ccc([N+](=O)[O-])c(S(=O)(=O)NC2CC2C)c1. The third kappa shape index (κ3) is 2.85. The average molecular weight is 285 g/mol. The van der Waals surface area contributed by atoms with Gasteiger partial charge >= 0.3 is 0 Å². The van der Waals surface area contributed by atoms with Gasteiger partial charge in [0.05, 0.1) is 4.92 Å². The molecule has 2 atom stereocenters. The van der Waals surface area contributed by atoms with E-state index in [-0.39, 0.29) is 16.9 Å². The molecular weight excluding hydrogens is 270 g/mol. The quantitative estimate of drug-likeness (QED) is 0.627. The fraction of sp³-hybridized carbons (Fsp3) is 0.455. The molecule has 1 aromatic carbocycles. The first-order valence-corrected chi connectivity index (χ1v) is 7.32. The first-order chi connectivity index (χ1) is 8.85. The molecule has 1 aliphatic rings. The van der Waals surface area contributed by atoms with Gasteiger partial charge in [-0.25, -0.2) is 13.1 Å². The van der Waals surface area contributed by atoms with Crippen molar-refractivity contribution in [1.29, 1.82) is 0 Å². The van der Waals surface area contributed by atoms with Crippen molar-refractivity contribution in [3.8, 4) is 0 Å². The number of nitrogens with one attached hydrogen (secondary N) is 2. The molecule has 0 bridgehead atoms. The highest BCUT2D eigenvalue weighted by atomic mass is 32.2. The van der Waals surface area contributed by atoms with Gasteiger partial charge < -0.3 is 5.32 Å². The average Bonchev–Trinajstić information content (AvgIpc) is 3.02. The van der Waals surface area contributed by atoms with E-state index in [0.717, 1.165) is 6.42 Å². The molecule has 0 amide bonds. The van der Waals surface area contributed by atoms with Crippen LogP contribution in [0.15, 0.2) is 23.1 Å². The van der Waals surface area contributed by atoms with Crippen molar-refractivity contribution in [2.24, 2.45) is 5.92 Å². The molecule has 0 spiro atoms. The monoisotopic (exact) mass is 285 g/mol. The van der Waals surface area contributed by atoms with Crippen LogP contribution in [-0.4, -0.2) is 26.4 Å². The fourth-order valence-electron chi connectivity index (χ4n) is 1.78. The van der Waals surface area contributed by atoms with Gasteiger partial charge in [0.15, 0.2) is 4.90 Å². The molecule has 1 aliphatic carbocycles. The summed E-state index contributed by atoms with van der Waals surface area (Å²) in [7, 11) is -2.25. The van der Waals surface area contributed by atoms with Gasteiger partial charge in [0, 0.05) is 24.8 Å². The van der Waals surface area contributed by atoms with Crippen molar-refractivity contribution < 1.29 is 13.3 Å². The van der Waals surface area contributed by atoms with Crippen LogP contribution in [0.1, 0.15) is 13.3 Å². The van der Waals surface area contributed by atoms with Crippen LogP contribution >= 0.6 is 0 Å². The molecule has 2 unspecified atom stereocenters. The number of hydrogen-bond donors (Lipinski definition) is 2. The standard InChI is InChI=1S/C11H15N3O4S/c1-7-5-9(7)13-19(17,18)11-6-8(12-2)3-4-10(11)14(15)16/h3-4,6-7,9,12-13H,5H2,1-2H3. The predicted octanol–water partition coefficient (Wildman–Crippen LogP) is 1.32. The van der Waals surface area contributed by atoms with Crippen LogP contribution in [0.2, 0.25) is 0 Å². The molecule has 0 heterocycles. The number of nitro groups is 1. The molecule has 1 aromatic rings. The van der Waals surface area contributed by atoms with E-state index in [2.05, 4.69) is 10.0 Å². The lowest BCUT2D eigenvalue weighted by Gasteiger charge is -2.08. The van der Waals surface area contributed by atoms with Crippen molar-refractivity contribution in [1.82, 2.24) is 4.72 Å². The molecule has 2 rings (SSSR count). The number of sulfonamides is 1. The minimum absolute atomic E-state index is 0.122. The Kier molecular flexibility index (Phi) is 3.46. The largest absolute Gasteiger partial charge is 0.388 e. The molecule has 0 aromatic heterocycles. The molecule has 0 aliphatic heterocycles. The molecular formula is C11H15N3O4S. The highest BCUT2D eigenvalue weighted by Crippen LogP contribution is 2.33. The van der Waals surface area contributed by atoms with Crippen molar-refractivity contribution in [2.75, 3.05) is 12.4 Å². The van der Waals surface area contributed by atoms with Crippen LogP contribution in [0.3, 0.4) is 0 Å². The van der Waals surface area contributed by atoms with E-state index >= 15 is 0 Å². The first-order valence-electron chi connectivity index (χ1n) is 5.83. The molecule has 2 N–H and O–H groups in total. The van der Waals surface area contributed by atoms with Gasteiger partial charge in [-0.3, -0.25) is 10.1 Å². The Morgan fingerprint density at radius 2 is 2.05 bits per heavy atom. The molecule has 1 fully saturated rings. The fourth-order valence-corrected chi connectivity index (χ4v) is 3.34. The Bertz CT molecular complexity index is 614. The minimum Gasteiger partial charge on any atom is -0.388 e. The van der Waals surface area contributed by atoms with Gasteiger partial charge in [-0.05, 0) is 24.5 Å². The molecule has 0 radical (unpaired) electrons. The van der Waals surface area contributed by atoms with Gasteiger partial charge in [-0.1, -0.05) is 6.92 Å². The van der Waals surface area contributed by atoms with Gasteiger partial charge in [0.2, 0.25) is 10.0 Å². The molecule has 1 saturated carbocycles. The number of benzene rings is 1. The topological polar surface area (TPSA) is 101 Å². The Balaban J connectivity index is 2.43. The lowest BCUT2D eigenvalue weighted by atomic mass is 10.3. The molecule has 7 nitrogen and oxygen atoms in total. The Hall–Kier alpha value is -1.67. The summed E-state index contributed by atoms with van der Waals surface area (Å²) in [6.07, 6.45) is 0.763. The maximum Gasteiger partial charge on any atom is 0.289 e. The summed E-state index contributed by atoms with van der Waals surface area (Å²) in [6.45, 7) is 1.92. The Morgan fingerprint density at radius 3 is 2.53 bits per heavy atom. The van der Waals surface area contributed by atoms with E-state index in [1.807, 2.05) is 6.92 Å². The van der Waals surface area contributed by atoms with E-state index in [1.54, 1.807) is 7.05 Å². The van der Waals surface area contributed by atoms with E-state index in [9.17, 15) is 18.5 Å². The summed E-state index contributed by atoms with van der Waals surface area (Å²) in [4.78, 5) is 9.93. The summed E-state index contributed by atoms with van der Waals surface area (Å²) in [5.74, 6) is 0.279. The van der Waals surface area contributed by atoms with E-state index in [4.69, 9.17) is 0 Å². The number of hydrogen-bond acceptors (Lipinski definition) is 5. The zero-order valence-electron chi connectivity index (χ0n) is 10.6. The molecule has 19 heavy (non-hydrogen) atoms. The molecule has 104 valence electrons. The summed E-state index contributed by atoms with van der Waals surface area (Å²) >= 11 is 0. The summed E-state index contributed by atoms with van der Waals surface area (Å²) in [5.41, 5.74) is 0.0922. The Morgan fingerprint density at radius 1 is 1.42 bits per heavy atom. The summed E-state index contributed by atoms with van der Waals surface area (Å²) in [5, 5.41) is 13.7. The third-order valence-corrected chi connectivity index (χ3v) is 4.67. The zero-order chi connectivity index (χ0) is 14.2. The normalized spacial score (nSPS) is 22.0. The number of nitro benzene ring substituents is 1.